The standard InChI is InChI=1S/C16H31N3O2/c1-2-13(12-20)17-16(21)18-14-7-6-10-19(11-14)15-8-4-3-5-9-15/h13-15,20H,2-12H2,1H3,(H2,17,18,21)/t13-,14-/m0/s1. The van der Waals surface area contributed by atoms with Gasteiger partial charge in [0, 0.05) is 18.6 Å². The Bertz CT molecular complexity index is 315. The van der Waals surface area contributed by atoms with Crippen LogP contribution in [0.15, 0.2) is 0 Å². The second-order valence-electron chi connectivity index (χ2n) is 6.53. The number of aliphatic hydroxyl groups excluding tert-OH is 1. The summed E-state index contributed by atoms with van der Waals surface area (Å²) in [6, 6.07) is 0.707. The smallest absolute Gasteiger partial charge is 0.315 e. The molecule has 0 spiro atoms. The molecule has 2 rings (SSSR count). The van der Waals surface area contributed by atoms with Crippen molar-refractivity contribution in [3.05, 3.63) is 0 Å². The summed E-state index contributed by atoms with van der Waals surface area (Å²) in [5.41, 5.74) is 0. The average molecular weight is 297 g/mol. The Kier molecular flexibility index (Phi) is 6.77. The molecule has 0 aromatic carbocycles. The summed E-state index contributed by atoms with van der Waals surface area (Å²) < 4.78 is 0. The van der Waals surface area contributed by atoms with Crippen LogP contribution < -0.4 is 10.6 Å². The van der Waals surface area contributed by atoms with Crippen LogP contribution in [0.1, 0.15) is 58.3 Å². The molecule has 1 aliphatic carbocycles. The van der Waals surface area contributed by atoms with Crippen LogP contribution in [-0.4, -0.2) is 53.9 Å². The molecule has 1 saturated heterocycles. The maximum atomic E-state index is 12.0. The number of carbonyl (C=O) groups is 1. The normalized spacial score (nSPS) is 26.3. The highest BCUT2D eigenvalue weighted by molar-refractivity contribution is 5.74. The number of rotatable bonds is 5. The lowest BCUT2D eigenvalue weighted by Gasteiger charge is -2.40. The van der Waals surface area contributed by atoms with Gasteiger partial charge in [-0.2, -0.15) is 0 Å². The van der Waals surface area contributed by atoms with Gasteiger partial charge in [-0.3, -0.25) is 4.90 Å². The zero-order valence-electron chi connectivity index (χ0n) is 13.3. The molecule has 1 heterocycles. The summed E-state index contributed by atoms with van der Waals surface area (Å²) in [5, 5.41) is 15.1. The molecular weight excluding hydrogens is 266 g/mol. The number of amides is 2. The summed E-state index contributed by atoms with van der Waals surface area (Å²) in [6.45, 7) is 4.13. The van der Waals surface area contributed by atoms with Gasteiger partial charge in [0.25, 0.3) is 0 Å². The highest BCUT2D eigenvalue weighted by atomic mass is 16.3. The van der Waals surface area contributed by atoms with E-state index >= 15 is 0 Å². The topological polar surface area (TPSA) is 64.6 Å². The Balaban J connectivity index is 1.76. The zero-order chi connectivity index (χ0) is 15.1. The molecule has 1 aliphatic heterocycles. The number of hydrogen-bond acceptors (Lipinski definition) is 3. The zero-order valence-corrected chi connectivity index (χ0v) is 13.3. The van der Waals surface area contributed by atoms with Gasteiger partial charge in [-0.15, -0.1) is 0 Å². The second kappa shape index (κ2) is 8.59. The van der Waals surface area contributed by atoms with Crippen LogP contribution in [0, 0.1) is 0 Å². The predicted octanol–water partition coefficient (Wildman–Crippen LogP) is 1.85. The molecule has 2 aliphatic rings. The van der Waals surface area contributed by atoms with Gasteiger partial charge in [0.15, 0.2) is 0 Å². The van der Waals surface area contributed by atoms with Crippen molar-refractivity contribution in [2.24, 2.45) is 0 Å². The molecule has 5 nitrogen and oxygen atoms in total. The predicted molar refractivity (Wildman–Crippen MR) is 84.3 cm³/mol. The summed E-state index contributed by atoms with van der Waals surface area (Å²) in [7, 11) is 0. The number of piperidine rings is 1. The van der Waals surface area contributed by atoms with E-state index in [1.165, 1.54) is 45.1 Å². The Morgan fingerprint density at radius 3 is 2.67 bits per heavy atom. The number of likely N-dealkylation sites (tertiary alicyclic amines) is 1. The van der Waals surface area contributed by atoms with Crippen molar-refractivity contribution in [2.75, 3.05) is 19.7 Å². The first-order valence-corrected chi connectivity index (χ1v) is 8.64. The van der Waals surface area contributed by atoms with Crippen molar-refractivity contribution < 1.29 is 9.90 Å². The van der Waals surface area contributed by atoms with E-state index in [2.05, 4.69) is 15.5 Å². The van der Waals surface area contributed by atoms with Crippen LogP contribution in [0.4, 0.5) is 4.79 Å². The van der Waals surface area contributed by atoms with Gasteiger partial charge < -0.3 is 15.7 Å². The molecule has 0 radical (unpaired) electrons. The SMILES string of the molecule is CC[C@@H](CO)NC(=O)N[C@H]1CCCN(C2CCCCC2)C1. The van der Waals surface area contributed by atoms with E-state index in [0.717, 1.165) is 25.4 Å². The van der Waals surface area contributed by atoms with Crippen LogP contribution in [0.2, 0.25) is 0 Å². The van der Waals surface area contributed by atoms with Crippen LogP contribution in [0.25, 0.3) is 0 Å². The molecule has 2 atom stereocenters. The van der Waals surface area contributed by atoms with Gasteiger partial charge in [-0.05, 0) is 38.6 Å². The van der Waals surface area contributed by atoms with Crippen molar-refractivity contribution in [2.45, 2.75) is 76.4 Å². The summed E-state index contributed by atoms with van der Waals surface area (Å²) in [4.78, 5) is 14.6. The lowest BCUT2D eigenvalue weighted by Crippen LogP contribution is -2.54. The molecular formula is C16H31N3O2. The highest BCUT2D eigenvalue weighted by Gasteiger charge is 2.27. The number of nitrogens with one attached hydrogen (secondary N) is 2. The van der Waals surface area contributed by atoms with Crippen molar-refractivity contribution in [3.8, 4) is 0 Å². The number of urea groups is 1. The van der Waals surface area contributed by atoms with Gasteiger partial charge in [0.05, 0.1) is 12.6 Å². The molecule has 2 amide bonds. The third-order valence-electron chi connectivity index (χ3n) is 4.93. The van der Waals surface area contributed by atoms with Crippen LogP contribution in [0.5, 0.6) is 0 Å². The molecule has 122 valence electrons. The molecule has 0 unspecified atom stereocenters. The average Bonchev–Trinajstić information content (AvgIpc) is 2.53. The second-order valence-corrected chi connectivity index (χ2v) is 6.53. The summed E-state index contributed by atoms with van der Waals surface area (Å²) in [6.07, 6.45) is 9.72. The molecule has 2 fully saturated rings. The van der Waals surface area contributed by atoms with E-state index in [0.29, 0.717) is 0 Å². The van der Waals surface area contributed by atoms with E-state index in [4.69, 9.17) is 5.11 Å². The molecule has 0 bridgehead atoms. The van der Waals surface area contributed by atoms with E-state index < -0.39 is 0 Å². The van der Waals surface area contributed by atoms with E-state index in [1.807, 2.05) is 6.92 Å². The van der Waals surface area contributed by atoms with E-state index in [-0.39, 0.29) is 24.7 Å². The lowest BCUT2D eigenvalue weighted by atomic mass is 9.92. The van der Waals surface area contributed by atoms with Gasteiger partial charge >= 0.3 is 6.03 Å². The molecule has 21 heavy (non-hydrogen) atoms. The fourth-order valence-electron chi connectivity index (χ4n) is 3.59. The first-order valence-electron chi connectivity index (χ1n) is 8.64. The van der Waals surface area contributed by atoms with E-state index in [9.17, 15) is 4.79 Å². The quantitative estimate of drug-likeness (QED) is 0.725. The fourth-order valence-corrected chi connectivity index (χ4v) is 3.59. The largest absolute Gasteiger partial charge is 0.394 e. The highest BCUT2D eigenvalue weighted by Crippen LogP contribution is 2.25. The molecule has 1 saturated carbocycles. The third kappa shape index (κ3) is 5.15. The summed E-state index contributed by atoms with van der Waals surface area (Å²) in [5.74, 6) is 0. The minimum Gasteiger partial charge on any atom is -0.394 e. The molecule has 0 aromatic rings. The molecule has 0 aromatic heterocycles. The molecule has 5 heteroatoms. The Morgan fingerprint density at radius 2 is 2.00 bits per heavy atom. The third-order valence-corrected chi connectivity index (χ3v) is 4.93. The number of nitrogens with zero attached hydrogens (tertiary/aromatic N) is 1. The van der Waals surface area contributed by atoms with Gasteiger partial charge in [-0.1, -0.05) is 26.2 Å². The van der Waals surface area contributed by atoms with Crippen molar-refractivity contribution in [1.29, 1.82) is 0 Å². The van der Waals surface area contributed by atoms with Gasteiger partial charge in [0.1, 0.15) is 0 Å². The van der Waals surface area contributed by atoms with Crippen LogP contribution in [0.3, 0.4) is 0 Å². The van der Waals surface area contributed by atoms with Crippen molar-refractivity contribution in [3.63, 3.8) is 0 Å². The number of carbonyl (C=O) groups excluding carboxylic acids is 1. The lowest BCUT2D eigenvalue weighted by molar-refractivity contribution is 0.111. The van der Waals surface area contributed by atoms with Crippen LogP contribution >= 0.6 is 0 Å². The van der Waals surface area contributed by atoms with E-state index in [1.54, 1.807) is 0 Å². The number of hydrogen-bond donors (Lipinski definition) is 3. The minimum absolute atomic E-state index is 0.00276. The Morgan fingerprint density at radius 1 is 1.24 bits per heavy atom. The van der Waals surface area contributed by atoms with Crippen molar-refractivity contribution in [1.82, 2.24) is 15.5 Å². The first kappa shape index (κ1) is 16.6. The van der Waals surface area contributed by atoms with Gasteiger partial charge in [0.2, 0.25) is 0 Å². The van der Waals surface area contributed by atoms with Gasteiger partial charge in [-0.25, -0.2) is 4.79 Å². The van der Waals surface area contributed by atoms with Crippen LogP contribution in [-0.2, 0) is 0 Å². The van der Waals surface area contributed by atoms with Crippen molar-refractivity contribution >= 4 is 6.03 Å². The Labute approximate surface area is 128 Å². The summed E-state index contributed by atoms with van der Waals surface area (Å²) >= 11 is 0. The number of aliphatic hydroxyl groups is 1. The monoisotopic (exact) mass is 297 g/mol. The first-order chi connectivity index (χ1) is 10.2. The maximum Gasteiger partial charge on any atom is 0.315 e. The minimum atomic E-state index is -0.136. The molecule has 3 N–H and O–H groups in total. The fraction of sp³-hybridized carbons (Fsp3) is 0.938. The maximum absolute atomic E-state index is 12.0. The Hall–Kier alpha value is -0.810.